The molecule has 0 saturated heterocycles. The number of rotatable bonds is 50. The Morgan fingerprint density at radius 2 is 0.556 bits per heavy atom. The van der Waals surface area contributed by atoms with Crippen LogP contribution in [0.2, 0.25) is 0 Å². The van der Waals surface area contributed by atoms with Crippen molar-refractivity contribution in [1.82, 2.24) is 0 Å². The number of unbranched alkanes of at least 4 members (excludes halogenated alkanes) is 32. The molecule has 374 valence electrons. The first kappa shape index (κ1) is 61.4. The average Bonchev–Trinajstić information content (AvgIpc) is 3.25. The van der Waals surface area contributed by atoms with Gasteiger partial charge >= 0.3 is 17.9 Å². The van der Waals surface area contributed by atoms with Crippen molar-refractivity contribution in [1.29, 1.82) is 0 Å². The molecule has 0 N–H and O–H groups in total. The van der Waals surface area contributed by atoms with Crippen molar-refractivity contribution in [2.24, 2.45) is 17.8 Å². The van der Waals surface area contributed by atoms with Gasteiger partial charge in [-0.2, -0.15) is 0 Å². The van der Waals surface area contributed by atoms with E-state index in [0.717, 1.165) is 75.5 Å². The number of carbonyl (C=O) groups excluding carboxylic acids is 3. The van der Waals surface area contributed by atoms with Gasteiger partial charge in [-0.1, -0.05) is 273 Å². The number of hydrogen-bond acceptors (Lipinski definition) is 6. The predicted octanol–water partition coefficient (Wildman–Crippen LogP) is 18.3. The van der Waals surface area contributed by atoms with E-state index in [1.54, 1.807) is 0 Å². The molecule has 63 heavy (non-hydrogen) atoms. The molecule has 0 spiro atoms. The van der Waals surface area contributed by atoms with Gasteiger partial charge in [0.2, 0.25) is 0 Å². The van der Waals surface area contributed by atoms with Crippen LogP contribution in [-0.2, 0) is 28.6 Å². The summed E-state index contributed by atoms with van der Waals surface area (Å²) >= 11 is 0. The van der Waals surface area contributed by atoms with Crippen LogP contribution in [0, 0.1) is 17.8 Å². The van der Waals surface area contributed by atoms with Crippen molar-refractivity contribution in [2.45, 2.75) is 317 Å². The van der Waals surface area contributed by atoms with Crippen LogP contribution in [0.25, 0.3) is 0 Å². The van der Waals surface area contributed by atoms with E-state index in [1.165, 1.54) is 193 Å². The topological polar surface area (TPSA) is 78.9 Å². The van der Waals surface area contributed by atoms with Crippen LogP contribution in [0.1, 0.15) is 311 Å². The Hall–Kier alpha value is -1.59. The van der Waals surface area contributed by atoms with Crippen molar-refractivity contribution in [3.05, 3.63) is 0 Å². The minimum absolute atomic E-state index is 0.0640. The Balaban J connectivity index is 4.29. The molecule has 6 nitrogen and oxygen atoms in total. The normalized spacial score (nSPS) is 12.6. The van der Waals surface area contributed by atoms with Crippen molar-refractivity contribution in [3.63, 3.8) is 0 Å². The molecule has 1 unspecified atom stereocenters. The summed E-state index contributed by atoms with van der Waals surface area (Å²) in [5, 5.41) is 0. The number of carbonyl (C=O) groups is 3. The monoisotopic (exact) mass is 891 g/mol. The Labute approximate surface area is 393 Å². The molecule has 0 amide bonds. The van der Waals surface area contributed by atoms with E-state index in [0.29, 0.717) is 19.3 Å². The summed E-state index contributed by atoms with van der Waals surface area (Å²) in [5.74, 6) is 1.69. The second-order valence-corrected chi connectivity index (χ2v) is 20.8. The molecule has 2 atom stereocenters. The van der Waals surface area contributed by atoms with Crippen LogP contribution in [0.15, 0.2) is 0 Å². The number of esters is 3. The van der Waals surface area contributed by atoms with Gasteiger partial charge in [0.25, 0.3) is 0 Å². The minimum atomic E-state index is -0.763. The molecule has 0 radical (unpaired) electrons. The van der Waals surface area contributed by atoms with Crippen molar-refractivity contribution in [3.8, 4) is 0 Å². The first-order chi connectivity index (χ1) is 30.6. The van der Waals surface area contributed by atoms with E-state index in [1.807, 2.05) is 0 Å². The van der Waals surface area contributed by atoms with Crippen LogP contribution >= 0.6 is 0 Å². The van der Waals surface area contributed by atoms with Gasteiger partial charge in [-0.3, -0.25) is 14.4 Å². The molecule has 0 saturated carbocycles. The van der Waals surface area contributed by atoms with Gasteiger partial charge in [0, 0.05) is 19.3 Å². The third kappa shape index (κ3) is 49.7. The highest BCUT2D eigenvalue weighted by atomic mass is 16.6. The number of ether oxygens (including phenoxy) is 3. The van der Waals surface area contributed by atoms with Crippen LogP contribution in [-0.4, -0.2) is 37.2 Å². The first-order valence-electron chi connectivity index (χ1n) is 28.1. The molecule has 6 heteroatoms. The van der Waals surface area contributed by atoms with Gasteiger partial charge in [0.05, 0.1) is 0 Å². The molecule has 0 fully saturated rings. The van der Waals surface area contributed by atoms with Gasteiger partial charge in [0.1, 0.15) is 13.2 Å². The standard InChI is InChI=1S/C57H110O6/c1-7-53(6)45-39-33-27-21-16-18-23-29-35-41-47-56(59)62-50-54(63-57(60)48-42-36-30-24-17-15-20-26-32-38-44-52(4)5)49-61-55(58)46-40-34-28-22-14-12-10-8-9-11-13-19-25-31-37-43-51(2)3/h51-54H,7-50H2,1-6H3/t53?,54-/m1/s1. The molecule has 0 bridgehead atoms. The molecule has 0 aliphatic carbocycles. The molecule has 0 aliphatic heterocycles. The van der Waals surface area contributed by atoms with Gasteiger partial charge in [-0.25, -0.2) is 0 Å². The highest BCUT2D eigenvalue weighted by Gasteiger charge is 2.19. The summed E-state index contributed by atoms with van der Waals surface area (Å²) in [6, 6.07) is 0. The predicted molar refractivity (Wildman–Crippen MR) is 270 cm³/mol. The third-order valence-electron chi connectivity index (χ3n) is 13.3. The van der Waals surface area contributed by atoms with E-state index in [4.69, 9.17) is 14.2 Å². The zero-order valence-electron chi connectivity index (χ0n) is 43.4. The number of hydrogen-bond donors (Lipinski definition) is 0. The van der Waals surface area contributed by atoms with Crippen LogP contribution in [0.5, 0.6) is 0 Å². The molecular weight excluding hydrogens is 781 g/mol. The fourth-order valence-electron chi connectivity index (χ4n) is 8.61. The maximum Gasteiger partial charge on any atom is 0.306 e. The Morgan fingerprint density at radius 3 is 0.825 bits per heavy atom. The summed E-state index contributed by atoms with van der Waals surface area (Å²) in [5.41, 5.74) is 0. The highest BCUT2D eigenvalue weighted by Crippen LogP contribution is 2.18. The first-order valence-corrected chi connectivity index (χ1v) is 28.1. The maximum absolute atomic E-state index is 12.8. The summed E-state index contributed by atoms with van der Waals surface area (Å²) < 4.78 is 16.9. The van der Waals surface area contributed by atoms with E-state index in [9.17, 15) is 14.4 Å². The fourth-order valence-corrected chi connectivity index (χ4v) is 8.61. The van der Waals surface area contributed by atoms with Gasteiger partial charge < -0.3 is 14.2 Å². The van der Waals surface area contributed by atoms with E-state index in [-0.39, 0.29) is 31.1 Å². The van der Waals surface area contributed by atoms with E-state index in [2.05, 4.69) is 41.5 Å². The second kappa shape index (κ2) is 48.3. The van der Waals surface area contributed by atoms with Crippen LogP contribution < -0.4 is 0 Å². The van der Waals surface area contributed by atoms with Crippen molar-refractivity contribution >= 4 is 17.9 Å². The smallest absolute Gasteiger partial charge is 0.306 e. The quantitative estimate of drug-likeness (QED) is 0.0344. The third-order valence-corrected chi connectivity index (χ3v) is 13.3. The van der Waals surface area contributed by atoms with Crippen molar-refractivity contribution < 1.29 is 28.6 Å². The summed E-state index contributed by atoms with van der Waals surface area (Å²) in [6.45, 7) is 13.8. The minimum Gasteiger partial charge on any atom is -0.462 e. The molecule has 0 rings (SSSR count). The van der Waals surface area contributed by atoms with Crippen LogP contribution in [0.3, 0.4) is 0 Å². The lowest BCUT2D eigenvalue weighted by molar-refractivity contribution is -0.167. The SMILES string of the molecule is CCC(C)CCCCCCCCCCCCC(=O)OC[C@@H](COC(=O)CCCCCCCCCCCCCCCCCC(C)C)OC(=O)CCCCCCCCCCCCC(C)C. The van der Waals surface area contributed by atoms with E-state index < -0.39 is 6.10 Å². The molecule has 0 heterocycles. The zero-order valence-corrected chi connectivity index (χ0v) is 43.4. The van der Waals surface area contributed by atoms with Crippen molar-refractivity contribution in [2.75, 3.05) is 13.2 Å². The molecule has 0 aromatic rings. The Morgan fingerprint density at radius 1 is 0.317 bits per heavy atom. The Kier molecular flexibility index (Phi) is 47.1. The molecular formula is C57H110O6. The van der Waals surface area contributed by atoms with Gasteiger partial charge in [0.15, 0.2) is 6.10 Å². The summed E-state index contributed by atoms with van der Waals surface area (Å²) in [7, 11) is 0. The summed E-state index contributed by atoms with van der Waals surface area (Å²) in [4.78, 5) is 38.1. The molecule has 0 aromatic carbocycles. The lowest BCUT2D eigenvalue weighted by Gasteiger charge is -2.18. The second-order valence-electron chi connectivity index (χ2n) is 20.8. The summed E-state index contributed by atoms with van der Waals surface area (Å²) in [6.07, 6.45) is 49.4. The van der Waals surface area contributed by atoms with E-state index >= 15 is 0 Å². The maximum atomic E-state index is 12.8. The molecule has 0 aliphatic rings. The lowest BCUT2D eigenvalue weighted by atomic mass is 9.99. The lowest BCUT2D eigenvalue weighted by Crippen LogP contribution is -2.30. The Bertz CT molecular complexity index is 978. The molecule has 0 aromatic heterocycles. The highest BCUT2D eigenvalue weighted by molar-refractivity contribution is 5.71. The average molecular weight is 892 g/mol. The van der Waals surface area contributed by atoms with Gasteiger partial charge in [-0.05, 0) is 37.0 Å². The van der Waals surface area contributed by atoms with Gasteiger partial charge in [-0.15, -0.1) is 0 Å². The largest absolute Gasteiger partial charge is 0.462 e. The zero-order chi connectivity index (χ0) is 46.3. The fraction of sp³-hybridized carbons (Fsp3) is 0.947. The van der Waals surface area contributed by atoms with Crippen LogP contribution in [0.4, 0.5) is 0 Å².